The van der Waals surface area contributed by atoms with Crippen LogP contribution < -0.4 is 10.6 Å². The van der Waals surface area contributed by atoms with Gasteiger partial charge in [-0.1, -0.05) is 194 Å². The number of hydrogen-bond donors (Lipinski definition) is 4. The van der Waals surface area contributed by atoms with Crippen LogP contribution in [-0.2, 0) is 23.9 Å². The topological polar surface area (TPSA) is 142 Å². The summed E-state index contributed by atoms with van der Waals surface area (Å²) < 4.78 is 6.00. The van der Waals surface area contributed by atoms with Gasteiger partial charge in [-0.3, -0.25) is 14.4 Å². The maximum absolute atomic E-state index is 12.7. The maximum atomic E-state index is 12.7. The predicted octanol–water partition coefficient (Wildman–Crippen LogP) is 11.7. The molecule has 0 aromatic rings. The zero-order chi connectivity index (χ0) is 40.5. The molecule has 0 spiro atoms. The Kier molecular flexibility index (Phi) is 39.8. The number of amides is 2. The predicted molar refractivity (Wildman–Crippen MR) is 227 cm³/mol. The molecule has 9 nitrogen and oxygen atoms in total. The van der Waals surface area contributed by atoms with Crippen LogP contribution in [0.15, 0.2) is 0 Å². The van der Waals surface area contributed by atoms with Gasteiger partial charge in [0.25, 0.3) is 0 Å². The van der Waals surface area contributed by atoms with Gasteiger partial charge in [0.2, 0.25) is 11.8 Å². The fraction of sp³-hybridized carbons (Fsp3) is 0.913. The number of hydrogen-bond acceptors (Lipinski definition) is 6. The van der Waals surface area contributed by atoms with Crippen molar-refractivity contribution in [3.63, 3.8) is 0 Å². The molecule has 2 amide bonds. The highest BCUT2D eigenvalue weighted by Gasteiger charge is 2.19. The molecule has 324 valence electrons. The number of carbonyl (C=O) groups is 4. The summed E-state index contributed by atoms with van der Waals surface area (Å²) in [7, 11) is 0. The Hall–Kier alpha value is -2.16. The second-order valence-corrected chi connectivity index (χ2v) is 16.2. The van der Waals surface area contributed by atoms with E-state index in [9.17, 15) is 19.2 Å². The van der Waals surface area contributed by atoms with Crippen LogP contribution in [0.4, 0.5) is 0 Å². The van der Waals surface area contributed by atoms with Gasteiger partial charge in [-0.2, -0.15) is 0 Å². The molecule has 0 rings (SSSR count). The van der Waals surface area contributed by atoms with Crippen LogP contribution in [0, 0.1) is 0 Å². The van der Waals surface area contributed by atoms with Crippen LogP contribution in [0.5, 0.6) is 0 Å². The number of aliphatic carboxylic acids is 1. The number of nitrogens with one attached hydrogen (secondary N) is 2. The number of rotatable bonds is 43. The van der Waals surface area contributed by atoms with E-state index >= 15 is 0 Å². The van der Waals surface area contributed by atoms with Crippen molar-refractivity contribution in [1.82, 2.24) is 10.6 Å². The highest BCUT2D eigenvalue weighted by Crippen LogP contribution is 2.19. The van der Waals surface area contributed by atoms with Crippen LogP contribution >= 0.6 is 0 Å². The molecule has 0 aromatic carbocycles. The Labute approximate surface area is 338 Å². The number of carboxylic acids is 1. The molecule has 2 atom stereocenters. The quantitative estimate of drug-likeness (QED) is 0.0356. The van der Waals surface area contributed by atoms with Crippen LogP contribution in [-0.4, -0.2) is 59.3 Å². The molecule has 0 aliphatic heterocycles. The van der Waals surface area contributed by atoms with Crippen LogP contribution in [0.25, 0.3) is 0 Å². The van der Waals surface area contributed by atoms with Crippen molar-refractivity contribution in [3.05, 3.63) is 0 Å². The molecule has 55 heavy (non-hydrogen) atoms. The van der Waals surface area contributed by atoms with E-state index < -0.39 is 24.5 Å². The fourth-order valence-electron chi connectivity index (χ4n) is 7.25. The third kappa shape index (κ3) is 38.5. The fourth-order valence-corrected chi connectivity index (χ4v) is 7.25. The molecule has 0 aliphatic rings. The molecule has 0 saturated heterocycles. The molecular weight excluding hydrogens is 693 g/mol. The molecule has 0 aliphatic carbocycles. The van der Waals surface area contributed by atoms with Crippen LogP contribution in [0.3, 0.4) is 0 Å². The number of aliphatic hydroxyl groups is 1. The number of carbonyl (C=O) groups excluding carboxylic acids is 3. The Bertz CT molecular complexity index is 900. The average Bonchev–Trinajstić information content (AvgIpc) is 3.17. The molecule has 0 aromatic heterocycles. The van der Waals surface area contributed by atoms with E-state index in [2.05, 4.69) is 24.5 Å². The molecule has 0 heterocycles. The van der Waals surface area contributed by atoms with E-state index in [0.717, 1.165) is 57.8 Å². The first-order valence-electron chi connectivity index (χ1n) is 23.4. The smallest absolute Gasteiger partial charge is 0.328 e. The van der Waals surface area contributed by atoms with Gasteiger partial charge in [-0.25, -0.2) is 4.79 Å². The van der Waals surface area contributed by atoms with Crippen molar-refractivity contribution in [1.29, 1.82) is 0 Å². The summed E-state index contributed by atoms with van der Waals surface area (Å²) in [5.74, 6) is -2.28. The summed E-state index contributed by atoms with van der Waals surface area (Å²) in [6.45, 7) is 3.49. The third-order valence-corrected chi connectivity index (χ3v) is 10.9. The van der Waals surface area contributed by atoms with Gasteiger partial charge in [0.05, 0.1) is 13.2 Å². The average molecular weight is 781 g/mol. The monoisotopic (exact) mass is 781 g/mol. The molecule has 4 N–H and O–H groups in total. The van der Waals surface area contributed by atoms with E-state index in [1.54, 1.807) is 0 Å². The Morgan fingerprint density at radius 1 is 0.473 bits per heavy atom. The van der Waals surface area contributed by atoms with Gasteiger partial charge in [0.15, 0.2) is 0 Å². The number of aliphatic hydroxyl groups excluding tert-OH is 1. The Balaban J connectivity index is 3.96. The minimum Gasteiger partial charge on any atom is -0.480 e. The van der Waals surface area contributed by atoms with E-state index in [1.807, 2.05) is 0 Å². The Morgan fingerprint density at radius 2 is 0.818 bits per heavy atom. The Morgan fingerprint density at radius 3 is 1.18 bits per heavy atom. The SMILES string of the molecule is CCCCCCCCCCCCCCCCCCCCCCCC(=O)OC(CCCCCCCC)CCCCCCCC(=O)NCC(=O)NC(CO)C(=O)O. The summed E-state index contributed by atoms with van der Waals surface area (Å²) in [4.78, 5) is 47.5. The van der Waals surface area contributed by atoms with Gasteiger partial charge >= 0.3 is 11.9 Å². The van der Waals surface area contributed by atoms with Crippen molar-refractivity contribution in [2.75, 3.05) is 13.2 Å². The number of unbranched alkanes of at least 4 members (excludes halogenated alkanes) is 29. The lowest BCUT2D eigenvalue weighted by Gasteiger charge is -2.18. The molecular formula is C46H88N2O7. The van der Waals surface area contributed by atoms with E-state index in [4.69, 9.17) is 14.9 Å². The third-order valence-electron chi connectivity index (χ3n) is 10.9. The van der Waals surface area contributed by atoms with Gasteiger partial charge in [-0.05, 0) is 38.5 Å². The standard InChI is InChI=1S/C46H88N2O7/c1-3-5-7-9-11-12-13-14-15-16-17-18-19-20-21-22-23-24-25-30-34-38-45(52)55-41(35-31-27-10-8-6-4-2)36-32-28-26-29-33-37-43(50)47-39-44(51)48-42(40-49)46(53)54/h41-42,49H,3-40H2,1-2H3,(H,47,50)(H,48,51)(H,53,54). The van der Waals surface area contributed by atoms with E-state index in [1.165, 1.54) is 154 Å². The minimum atomic E-state index is -1.38. The van der Waals surface area contributed by atoms with Crippen molar-refractivity contribution in [2.24, 2.45) is 0 Å². The highest BCUT2D eigenvalue weighted by atomic mass is 16.5. The lowest BCUT2D eigenvalue weighted by atomic mass is 10.0. The van der Waals surface area contributed by atoms with Crippen molar-refractivity contribution < 1.29 is 34.1 Å². The molecule has 0 fully saturated rings. The normalized spacial score (nSPS) is 12.3. The molecule has 9 heteroatoms. The van der Waals surface area contributed by atoms with Crippen molar-refractivity contribution in [3.8, 4) is 0 Å². The number of carboxylic acid groups (broad SMARTS) is 1. The number of esters is 1. The van der Waals surface area contributed by atoms with Gasteiger partial charge in [0.1, 0.15) is 12.1 Å². The first-order chi connectivity index (χ1) is 26.8. The summed E-state index contributed by atoms with van der Waals surface area (Å²) in [6, 6.07) is -1.38. The largest absolute Gasteiger partial charge is 0.480 e. The van der Waals surface area contributed by atoms with E-state index in [-0.39, 0.29) is 24.5 Å². The molecule has 0 radical (unpaired) electrons. The summed E-state index contributed by atoms with van der Waals surface area (Å²) >= 11 is 0. The van der Waals surface area contributed by atoms with Gasteiger partial charge in [0, 0.05) is 12.8 Å². The maximum Gasteiger partial charge on any atom is 0.328 e. The number of ether oxygens (including phenoxy) is 1. The molecule has 0 bridgehead atoms. The molecule has 0 saturated carbocycles. The van der Waals surface area contributed by atoms with E-state index in [0.29, 0.717) is 19.3 Å². The zero-order valence-electron chi connectivity index (χ0n) is 36.0. The summed E-state index contributed by atoms with van der Waals surface area (Å²) in [6.07, 6.45) is 43.0. The minimum absolute atomic E-state index is 0.00272. The van der Waals surface area contributed by atoms with Crippen molar-refractivity contribution in [2.45, 2.75) is 257 Å². The van der Waals surface area contributed by atoms with Gasteiger partial charge < -0.3 is 25.6 Å². The first kappa shape index (κ1) is 52.8. The molecule has 2 unspecified atom stereocenters. The second kappa shape index (κ2) is 41.5. The highest BCUT2D eigenvalue weighted by molar-refractivity contribution is 5.87. The summed E-state index contributed by atoms with van der Waals surface area (Å²) in [5, 5.41) is 22.5. The second-order valence-electron chi connectivity index (χ2n) is 16.2. The van der Waals surface area contributed by atoms with Gasteiger partial charge in [-0.15, -0.1) is 0 Å². The summed E-state index contributed by atoms with van der Waals surface area (Å²) in [5.41, 5.74) is 0. The first-order valence-corrected chi connectivity index (χ1v) is 23.4. The van der Waals surface area contributed by atoms with Crippen LogP contribution in [0.1, 0.15) is 245 Å². The van der Waals surface area contributed by atoms with Crippen molar-refractivity contribution >= 4 is 23.8 Å². The van der Waals surface area contributed by atoms with Crippen LogP contribution in [0.2, 0.25) is 0 Å². The lowest BCUT2D eigenvalue weighted by molar-refractivity contribution is -0.150. The lowest BCUT2D eigenvalue weighted by Crippen LogP contribution is -2.47. The zero-order valence-corrected chi connectivity index (χ0v) is 36.0.